The minimum absolute atomic E-state index is 0.0577. The van der Waals surface area contributed by atoms with Gasteiger partial charge in [0.25, 0.3) is 0 Å². The van der Waals surface area contributed by atoms with Gasteiger partial charge in [-0.05, 0) is 31.4 Å². The second-order valence-electron chi connectivity index (χ2n) is 6.43. The van der Waals surface area contributed by atoms with Crippen molar-refractivity contribution in [3.05, 3.63) is 30.1 Å². The highest BCUT2D eigenvalue weighted by Gasteiger charge is 2.32. The van der Waals surface area contributed by atoms with Crippen LogP contribution in [0.2, 0.25) is 0 Å². The van der Waals surface area contributed by atoms with Crippen LogP contribution in [-0.4, -0.2) is 39.8 Å². The van der Waals surface area contributed by atoms with Gasteiger partial charge in [-0.15, -0.1) is 15.3 Å². The molecule has 2 aromatic rings. The minimum Gasteiger partial charge on any atom is -0.361 e. The Labute approximate surface area is 135 Å². The maximum Gasteiger partial charge on any atom is 0.226 e. The molecular formula is C16H22N6O. The van der Waals surface area contributed by atoms with E-state index >= 15 is 0 Å². The fourth-order valence-electron chi connectivity index (χ4n) is 2.72. The third kappa shape index (κ3) is 3.04. The molecule has 1 N–H and O–H groups in total. The summed E-state index contributed by atoms with van der Waals surface area (Å²) in [5.74, 6) is 1.50. The predicted molar refractivity (Wildman–Crippen MR) is 88.1 cm³/mol. The zero-order valence-corrected chi connectivity index (χ0v) is 13.8. The lowest BCUT2D eigenvalue weighted by Gasteiger charge is -2.29. The lowest BCUT2D eigenvalue weighted by molar-refractivity contribution is -0.130. The van der Waals surface area contributed by atoms with Gasteiger partial charge in [-0.25, -0.2) is 0 Å². The maximum atomic E-state index is 12.5. The SMILES string of the molecule is CN(C)c1ccc2nnc(CNC(=O)C3(C)CC=CCC3)n2n1. The highest BCUT2D eigenvalue weighted by Crippen LogP contribution is 2.32. The molecule has 1 atom stereocenters. The van der Waals surface area contributed by atoms with E-state index in [-0.39, 0.29) is 11.3 Å². The Morgan fingerprint density at radius 1 is 1.35 bits per heavy atom. The van der Waals surface area contributed by atoms with Crippen LogP contribution in [0.3, 0.4) is 0 Å². The zero-order chi connectivity index (χ0) is 16.4. The molecular weight excluding hydrogens is 292 g/mol. The maximum absolute atomic E-state index is 12.5. The number of carbonyl (C=O) groups is 1. The second kappa shape index (κ2) is 5.98. The average Bonchev–Trinajstić information content (AvgIpc) is 2.95. The fourth-order valence-corrected chi connectivity index (χ4v) is 2.72. The van der Waals surface area contributed by atoms with E-state index in [2.05, 4.69) is 32.8 Å². The van der Waals surface area contributed by atoms with E-state index in [1.165, 1.54) is 0 Å². The molecule has 1 unspecified atom stereocenters. The van der Waals surface area contributed by atoms with Crippen LogP contribution in [0.15, 0.2) is 24.3 Å². The van der Waals surface area contributed by atoms with Crippen molar-refractivity contribution in [3.8, 4) is 0 Å². The van der Waals surface area contributed by atoms with Crippen LogP contribution in [0.25, 0.3) is 5.65 Å². The van der Waals surface area contributed by atoms with E-state index in [0.717, 1.165) is 25.1 Å². The molecule has 0 saturated heterocycles. The summed E-state index contributed by atoms with van der Waals surface area (Å²) in [5.41, 5.74) is 0.337. The number of carbonyl (C=O) groups excluding carboxylic acids is 1. The quantitative estimate of drug-likeness (QED) is 0.867. The fraction of sp³-hybridized carbons (Fsp3) is 0.500. The third-order valence-corrected chi connectivity index (χ3v) is 4.32. The molecule has 23 heavy (non-hydrogen) atoms. The Bertz CT molecular complexity index is 750. The van der Waals surface area contributed by atoms with Gasteiger partial charge in [0.2, 0.25) is 5.91 Å². The molecule has 1 amide bonds. The van der Waals surface area contributed by atoms with Gasteiger partial charge in [0.1, 0.15) is 5.82 Å². The van der Waals surface area contributed by atoms with Crippen molar-refractivity contribution >= 4 is 17.4 Å². The summed E-state index contributed by atoms with van der Waals surface area (Å²) >= 11 is 0. The summed E-state index contributed by atoms with van der Waals surface area (Å²) in [4.78, 5) is 14.4. The summed E-state index contributed by atoms with van der Waals surface area (Å²) in [6, 6.07) is 3.76. The molecule has 2 aromatic heterocycles. The van der Waals surface area contributed by atoms with Crippen LogP contribution in [0.1, 0.15) is 32.0 Å². The first-order valence-corrected chi connectivity index (χ1v) is 7.81. The largest absolute Gasteiger partial charge is 0.361 e. The van der Waals surface area contributed by atoms with Gasteiger partial charge in [-0.1, -0.05) is 19.1 Å². The number of anilines is 1. The van der Waals surface area contributed by atoms with Gasteiger partial charge in [0.15, 0.2) is 11.5 Å². The highest BCUT2D eigenvalue weighted by atomic mass is 16.2. The van der Waals surface area contributed by atoms with Crippen molar-refractivity contribution in [2.75, 3.05) is 19.0 Å². The molecule has 2 heterocycles. The lowest BCUT2D eigenvalue weighted by atomic mass is 9.78. The highest BCUT2D eigenvalue weighted by molar-refractivity contribution is 5.82. The van der Waals surface area contributed by atoms with Crippen LogP contribution in [0.4, 0.5) is 5.82 Å². The summed E-state index contributed by atoms with van der Waals surface area (Å²) in [6.07, 6.45) is 6.82. The number of hydrogen-bond acceptors (Lipinski definition) is 5. The Morgan fingerprint density at radius 3 is 2.87 bits per heavy atom. The molecule has 0 bridgehead atoms. The van der Waals surface area contributed by atoms with Crippen molar-refractivity contribution < 1.29 is 4.79 Å². The molecule has 0 aliphatic heterocycles. The minimum atomic E-state index is -0.336. The molecule has 7 nitrogen and oxygen atoms in total. The number of nitrogens with one attached hydrogen (secondary N) is 1. The summed E-state index contributed by atoms with van der Waals surface area (Å²) in [7, 11) is 3.86. The van der Waals surface area contributed by atoms with E-state index < -0.39 is 0 Å². The Balaban J connectivity index is 1.75. The summed E-state index contributed by atoms with van der Waals surface area (Å²) in [5, 5.41) is 15.7. The van der Waals surface area contributed by atoms with Gasteiger partial charge >= 0.3 is 0 Å². The number of allylic oxidation sites excluding steroid dienone is 2. The molecule has 122 valence electrons. The Morgan fingerprint density at radius 2 is 2.17 bits per heavy atom. The van der Waals surface area contributed by atoms with Gasteiger partial charge in [-0.2, -0.15) is 4.52 Å². The number of aromatic nitrogens is 4. The zero-order valence-electron chi connectivity index (χ0n) is 13.8. The first-order valence-electron chi connectivity index (χ1n) is 7.81. The van der Waals surface area contributed by atoms with Crippen LogP contribution in [-0.2, 0) is 11.3 Å². The molecule has 0 aromatic carbocycles. The summed E-state index contributed by atoms with van der Waals surface area (Å²) in [6.45, 7) is 2.33. The predicted octanol–water partition coefficient (Wildman–Crippen LogP) is 1.55. The number of nitrogens with zero attached hydrogens (tertiary/aromatic N) is 5. The molecule has 0 spiro atoms. The third-order valence-electron chi connectivity index (χ3n) is 4.32. The first kappa shape index (κ1) is 15.5. The van der Waals surface area contributed by atoms with Crippen LogP contribution in [0, 0.1) is 5.41 Å². The molecule has 0 fully saturated rings. The van der Waals surface area contributed by atoms with Gasteiger partial charge in [0.05, 0.1) is 12.0 Å². The monoisotopic (exact) mass is 314 g/mol. The van der Waals surface area contributed by atoms with Crippen molar-refractivity contribution in [1.82, 2.24) is 25.1 Å². The Kier molecular flexibility index (Phi) is 4.02. The standard InChI is InChI=1S/C16H22N6O/c1-16(9-5-4-6-10-16)15(23)17-11-14-19-18-12-7-8-13(21(2)3)20-22(12)14/h4-5,7-8H,6,9-11H2,1-3H3,(H,17,23). The van der Waals surface area contributed by atoms with Crippen LogP contribution < -0.4 is 10.2 Å². The molecule has 1 aliphatic rings. The van der Waals surface area contributed by atoms with E-state index in [4.69, 9.17) is 0 Å². The first-order chi connectivity index (χ1) is 11.0. The summed E-state index contributed by atoms with van der Waals surface area (Å²) < 4.78 is 1.68. The molecule has 0 radical (unpaired) electrons. The second-order valence-corrected chi connectivity index (χ2v) is 6.43. The van der Waals surface area contributed by atoms with Crippen molar-refractivity contribution in [2.45, 2.75) is 32.7 Å². The number of amides is 1. The molecule has 0 saturated carbocycles. The Hall–Kier alpha value is -2.44. The normalized spacial score (nSPS) is 20.7. The topological polar surface area (TPSA) is 75.4 Å². The van der Waals surface area contributed by atoms with Crippen LogP contribution in [0.5, 0.6) is 0 Å². The van der Waals surface area contributed by atoms with Gasteiger partial charge in [-0.3, -0.25) is 4.79 Å². The number of rotatable bonds is 4. The molecule has 3 rings (SSSR count). The number of hydrogen-bond donors (Lipinski definition) is 1. The number of fused-ring (bicyclic) bond motifs is 1. The van der Waals surface area contributed by atoms with E-state index in [1.807, 2.05) is 38.1 Å². The van der Waals surface area contributed by atoms with Crippen molar-refractivity contribution in [2.24, 2.45) is 5.41 Å². The van der Waals surface area contributed by atoms with Gasteiger partial charge in [0, 0.05) is 14.1 Å². The molecule has 7 heteroatoms. The van der Waals surface area contributed by atoms with E-state index in [1.54, 1.807) is 4.52 Å². The van der Waals surface area contributed by atoms with Crippen molar-refractivity contribution in [3.63, 3.8) is 0 Å². The average molecular weight is 314 g/mol. The smallest absolute Gasteiger partial charge is 0.226 e. The van der Waals surface area contributed by atoms with Gasteiger partial charge < -0.3 is 10.2 Å². The van der Waals surface area contributed by atoms with Crippen molar-refractivity contribution in [1.29, 1.82) is 0 Å². The van der Waals surface area contributed by atoms with E-state index in [9.17, 15) is 4.79 Å². The lowest BCUT2D eigenvalue weighted by Crippen LogP contribution is -2.39. The molecule has 1 aliphatic carbocycles. The van der Waals surface area contributed by atoms with Crippen LogP contribution >= 0.6 is 0 Å². The van der Waals surface area contributed by atoms with E-state index in [0.29, 0.717) is 18.0 Å².